The molecular formula is C18H36N2O4. The summed E-state index contributed by atoms with van der Waals surface area (Å²) in [5.74, 6) is -1.06. The molecule has 0 aliphatic rings. The van der Waals surface area contributed by atoms with Crippen molar-refractivity contribution < 1.29 is 19.8 Å². The van der Waals surface area contributed by atoms with E-state index in [0.717, 1.165) is 0 Å². The number of nitrogens with one attached hydrogen (secondary N) is 2. The maximum atomic E-state index is 12.2. The zero-order valence-electron chi connectivity index (χ0n) is 16.4. The van der Waals surface area contributed by atoms with Crippen molar-refractivity contribution in [2.75, 3.05) is 0 Å². The Labute approximate surface area is 146 Å². The van der Waals surface area contributed by atoms with Crippen molar-refractivity contribution in [3.8, 4) is 0 Å². The van der Waals surface area contributed by atoms with Crippen molar-refractivity contribution in [2.45, 2.75) is 91.5 Å². The van der Waals surface area contributed by atoms with E-state index in [-0.39, 0.29) is 11.8 Å². The van der Waals surface area contributed by atoms with Gasteiger partial charge in [-0.25, -0.2) is 0 Å². The van der Waals surface area contributed by atoms with Gasteiger partial charge in [0.25, 0.3) is 0 Å². The Kier molecular flexibility index (Phi) is 8.39. The second-order valence-electron chi connectivity index (χ2n) is 8.62. The van der Waals surface area contributed by atoms with Gasteiger partial charge in [-0.15, -0.1) is 0 Å². The van der Waals surface area contributed by atoms with Gasteiger partial charge in [0.1, 0.15) is 0 Å². The van der Waals surface area contributed by atoms with Crippen LogP contribution in [-0.4, -0.2) is 45.3 Å². The normalized spacial score (nSPS) is 15.3. The van der Waals surface area contributed by atoms with E-state index in [0.29, 0.717) is 12.8 Å². The van der Waals surface area contributed by atoms with Crippen LogP contribution in [-0.2, 0) is 9.59 Å². The molecule has 0 aliphatic heterocycles. The molecule has 0 fully saturated rings. The highest BCUT2D eigenvalue weighted by Crippen LogP contribution is 2.18. The van der Waals surface area contributed by atoms with E-state index < -0.39 is 35.1 Å². The fourth-order valence-electron chi connectivity index (χ4n) is 2.44. The number of hydrogen-bond acceptors (Lipinski definition) is 4. The first kappa shape index (κ1) is 22.9. The number of amides is 2. The first-order valence-electron chi connectivity index (χ1n) is 8.70. The summed E-state index contributed by atoms with van der Waals surface area (Å²) >= 11 is 0. The summed E-state index contributed by atoms with van der Waals surface area (Å²) < 4.78 is 0. The van der Waals surface area contributed by atoms with E-state index in [4.69, 9.17) is 0 Å². The van der Waals surface area contributed by atoms with Gasteiger partial charge < -0.3 is 20.8 Å². The SMILES string of the molecule is CC(C)C[C@@H](NC(=O)C(=O)N[C@H](CC(C)C)C(C)(C)O)C(C)(C)O. The van der Waals surface area contributed by atoms with Crippen molar-refractivity contribution in [3.63, 3.8) is 0 Å². The van der Waals surface area contributed by atoms with Gasteiger partial charge in [0, 0.05) is 0 Å². The molecule has 0 aromatic rings. The Hall–Kier alpha value is -1.14. The lowest BCUT2D eigenvalue weighted by Gasteiger charge is -2.33. The maximum Gasteiger partial charge on any atom is 0.309 e. The van der Waals surface area contributed by atoms with Crippen molar-refractivity contribution in [2.24, 2.45) is 11.8 Å². The molecule has 24 heavy (non-hydrogen) atoms. The third kappa shape index (κ3) is 8.64. The van der Waals surface area contributed by atoms with Crippen molar-refractivity contribution in [1.82, 2.24) is 10.6 Å². The molecule has 0 spiro atoms. The second kappa shape index (κ2) is 8.81. The minimum absolute atomic E-state index is 0.259. The molecule has 0 unspecified atom stereocenters. The van der Waals surface area contributed by atoms with Gasteiger partial charge in [-0.3, -0.25) is 9.59 Å². The third-order valence-electron chi connectivity index (χ3n) is 3.94. The van der Waals surface area contributed by atoms with Crippen LogP contribution in [0.4, 0.5) is 0 Å². The van der Waals surface area contributed by atoms with E-state index >= 15 is 0 Å². The summed E-state index contributed by atoms with van der Waals surface area (Å²) in [6.45, 7) is 14.4. The maximum absolute atomic E-state index is 12.2. The average Bonchev–Trinajstić information content (AvgIpc) is 2.33. The molecule has 0 aromatic heterocycles. The molecule has 6 nitrogen and oxygen atoms in total. The van der Waals surface area contributed by atoms with Crippen LogP contribution in [0.25, 0.3) is 0 Å². The van der Waals surface area contributed by atoms with Crippen LogP contribution in [0.15, 0.2) is 0 Å². The number of rotatable bonds is 8. The van der Waals surface area contributed by atoms with E-state index in [1.165, 1.54) is 0 Å². The molecule has 0 bridgehead atoms. The predicted octanol–water partition coefficient (Wildman–Crippen LogP) is 1.59. The van der Waals surface area contributed by atoms with Gasteiger partial charge in [-0.1, -0.05) is 27.7 Å². The summed E-state index contributed by atoms with van der Waals surface area (Å²) in [4.78, 5) is 24.4. The van der Waals surface area contributed by atoms with Crippen molar-refractivity contribution in [1.29, 1.82) is 0 Å². The average molecular weight is 344 g/mol. The highest BCUT2D eigenvalue weighted by molar-refractivity contribution is 6.35. The first-order chi connectivity index (χ1) is 10.6. The molecule has 0 radical (unpaired) electrons. The van der Waals surface area contributed by atoms with Crippen LogP contribution >= 0.6 is 0 Å². The Bertz CT molecular complexity index is 380. The fraction of sp³-hybridized carbons (Fsp3) is 0.889. The summed E-state index contributed by atoms with van der Waals surface area (Å²) in [6.07, 6.45) is 1.12. The molecule has 0 rings (SSSR count). The molecule has 6 heteroatoms. The minimum Gasteiger partial charge on any atom is -0.388 e. The molecule has 0 aliphatic carbocycles. The van der Waals surface area contributed by atoms with E-state index in [1.807, 2.05) is 27.7 Å². The van der Waals surface area contributed by atoms with Crippen LogP contribution in [0.5, 0.6) is 0 Å². The predicted molar refractivity (Wildman–Crippen MR) is 95.4 cm³/mol. The number of aliphatic hydroxyl groups is 2. The van der Waals surface area contributed by atoms with E-state index in [9.17, 15) is 19.8 Å². The lowest BCUT2D eigenvalue weighted by atomic mass is 9.90. The molecule has 0 saturated carbocycles. The molecule has 0 saturated heterocycles. The smallest absolute Gasteiger partial charge is 0.309 e. The van der Waals surface area contributed by atoms with Gasteiger partial charge >= 0.3 is 11.8 Å². The van der Waals surface area contributed by atoms with Gasteiger partial charge in [0.05, 0.1) is 23.3 Å². The Balaban J connectivity index is 4.98. The third-order valence-corrected chi connectivity index (χ3v) is 3.94. The molecule has 142 valence electrons. The van der Waals surface area contributed by atoms with E-state index in [1.54, 1.807) is 27.7 Å². The fourth-order valence-corrected chi connectivity index (χ4v) is 2.44. The van der Waals surface area contributed by atoms with Crippen LogP contribution in [0.2, 0.25) is 0 Å². The summed E-state index contributed by atoms with van der Waals surface area (Å²) in [6, 6.07) is -1.05. The molecule has 4 N–H and O–H groups in total. The Morgan fingerprint density at radius 3 is 1.17 bits per heavy atom. The zero-order chi connectivity index (χ0) is 19.3. The second-order valence-corrected chi connectivity index (χ2v) is 8.62. The quantitative estimate of drug-likeness (QED) is 0.503. The van der Waals surface area contributed by atoms with Crippen molar-refractivity contribution >= 4 is 11.8 Å². The van der Waals surface area contributed by atoms with Gasteiger partial charge in [0.2, 0.25) is 0 Å². The first-order valence-corrected chi connectivity index (χ1v) is 8.70. The van der Waals surface area contributed by atoms with Gasteiger partial charge in [-0.05, 0) is 52.4 Å². The monoisotopic (exact) mass is 344 g/mol. The molecule has 2 atom stereocenters. The summed E-state index contributed by atoms with van der Waals surface area (Å²) in [5.41, 5.74) is -2.26. The van der Waals surface area contributed by atoms with Gasteiger partial charge in [-0.2, -0.15) is 0 Å². The van der Waals surface area contributed by atoms with Crippen molar-refractivity contribution in [3.05, 3.63) is 0 Å². The standard InChI is InChI=1S/C18H36N2O4/c1-11(2)9-13(17(5,6)23)19-15(21)16(22)20-14(10-12(3)4)18(7,8)24/h11-14,23-24H,9-10H2,1-8H3,(H,19,21)(H,20,22)/t13-,14-/m1/s1. The zero-order valence-corrected chi connectivity index (χ0v) is 16.4. The lowest BCUT2D eigenvalue weighted by molar-refractivity contribution is -0.142. The topological polar surface area (TPSA) is 98.7 Å². The Morgan fingerprint density at radius 2 is 1.00 bits per heavy atom. The van der Waals surface area contributed by atoms with Crippen LogP contribution in [0.3, 0.4) is 0 Å². The van der Waals surface area contributed by atoms with Crippen LogP contribution in [0.1, 0.15) is 68.2 Å². The van der Waals surface area contributed by atoms with Crippen LogP contribution < -0.4 is 10.6 Å². The molecular weight excluding hydrogens is 308 g/mol. The molecule has 2 amide bonds. The highest BCUT2D eigenvalue weighted by Gasteiger charge is 2.34. The summed E-state index contributed by atoms with van der Waals surface area (Å²) in [5, 5.41) is 25.6. The molecule has 0 heterocycles. The van der Waals surface area contributed by atoms with Crippen LogP contribution in [0, 0.1) is 11.8 Å². The minimum atomic E-state index is -1.13. The number of carbonyl (C=O) groups is 2. The lowest BCUT2D eigenvalue weighted by Crippen LogP contribution is -2.57. The van der Waals surface area contributed by atoms with Gasteiger partial charge in [0.15, 0.2) is 0 Å². The summed E-state index contributed by atoms with van der Waals surface area (Å²) in [7, 11) is 0. The molecule has 0 aromatic carbocycles. The Morgan fingerprint density at radius 1 is 0.750 bits per heavy atom. The van der Waals surface area contributed by atoms with E-state index in [2.05, 4.69) is 10.6 Å². The highest BCUT2D eigenvalue weighted by atomic mass is 16.3. The number of carbonyl (C=O) groups excluding carboxylic acids is 2. The largest absolute Gasteiger partial charge is 0.388 e. The number of hydrogen-bond donors (Lipinski definition) is 4.